The number of nitrogen functional groups attached to an aromatic ring is 1. The van der Waals surface area contributed by atoms with Gasteiger partial charge in [0.05, 0.1) is 10.6 Å². The van der Waals surface area contributed by atoms with Crippen molar-refractivity contribution in [3.8, 4) is 0 Å². The summed E-state index contributed by atoms with van der Waals surface area (Å²) in [6.07, 6.45) is 6.05. The van der Waals surface area contributed by atoms with E-state index in [9.17, 15) is 10.1 Å². The third kappa shape index (κ3) is 3.92. The summed E-state index contributed by atoms with van der Waals surface area (Å²) in [7, 11) is 0. The fraction of sp³-hybridized carbons (Fsp3) is 0.600. The van der Waals surface area contributed by atoms with Crippen molar-refractivity contribution in [2.45, 2.75) is 51.6 Å². The molecule has 1 atom stereocenters. The van der Waals surface area contributed by atoms with Crippen LogP contribution in [-0.4, -0.2) is 22.4 Å². The fourth-order valence-electron chi connectivity index (χ4n) is 3.09. The molecule has 1 aromatic carbocycles. The highest BCUT2D eigenvalue weighted by molar-refractivity contribution is 5.55. The number of benzene rings is 1. The molecule has 1 fully saturated rings. The highest BCUT2D eigenvalue weighted by Gasteiger charge is 2.21. The van der Waals surface area contributed by atoms with Crippen molar-refractivity contribution in [3.05, 3.63) is 33.9 Å². The summed E-state index contributed by atoms with van der Waals surface area (Å²) in [5.41, 5.74) is 4.43. The molecule has 1 aromatic rings. The van der Waals surface area contributed by atoms with E-state index in [4.69, 9.17) is 5.84 Å². The Morgan fingerprint density at radius 1 is 1.43 bits per heavy atom. The molecule has 1 aliphatic rings. The Morgan fingerprint density at radius 2 is 2.24 bits per heavy atom. The maximum atomic E-state index is 11.0. The van der Waals surface area contributed by atoms with Crippen molar-refractivity contribution in [2.75, 3.05) is 12.0 Å². The molecule has 0 aromatic heterocycles. The van der Waals surface area contributed by atoms with E-state index in [0.29, 0.717) is 12.6 Å². The van der Waals surface area contributed by atoms with Crippen LogP contribution in [0.1, 0.15) is 44.6 Å². The molecule has 1 unspecified atom stereocenters. The smallest absolute Gasteiger partial charge is 0.269 e. The van der Waals surface area contributed by atoms with E-state index in [1.165, 1.54) is 31.7 Å². The quantitative estimate of drug-likeness (QED) is 0.495. The average molecular weight is 292 g/mol. The Bertz CT molecular complexity index is 493. The highest BCUT2D eigenvalue weighted by atomic mass is 16.6. The maximum Gasteiger partial charge on any atom is 0.269 e. The molecule has 3 N–H and O–H groups in total. The zero-order valence-electron chi connectivity index (χ0n) is 12.5. The number of rotatable bonds is 5. The van der Waals surface area contributed by atoms with Gasteiger partial charge in [-0.1, -0.05) is 19.8 Å². The summed E-state index contributed by atoms with van der Waals surface area (Å²) in [5, 5.41) is 11.0. The van der Waals surface area contributed by atoms with Gasteiger partial charge in [0, 0.05) is 24.7 Å². The summed E-state index contributed by atoms with van der Waals surface area (Å²) < 4.78 is 0. The Kier molecular flexibility index (Phi) is 5.52. The molecule has 6 nitrogen and oxygen atoms in total. The lowest BCUT2D eigenvalue weighted by atomic mass is 10.1. The number of nitrogens with two attached hydrogens (primary N) is 1. The van der Waals surface area contributed by atoms with E-state index < -0.39 is 0 Å². The molecule has 6 heteroatoms. The molecule has 0 radical (unpaired) electrons. The van der Waals surface area contributed by atoms with Crippen LogP contribution in [0, 0.1) is 10.1 Å². The van der Waals surface area contributed by atoms with Gasteiger partial charge in [0.1, 0.15) is 0 Å². The number of non-ortho nitro benzene ring substituents is 1. The summed E-state index contributed by atoms with van der Waals surface area (Å²) >= 11 is 0. The normalized spacial score (nSPS) is 20.0. The van der Waals surface area contributed by atoms with Gasteiger partial charge in [0.15, 0.2) is 0 Å². The molecule has 0 spiro atoms. The lowest BCUT2D eigenvalue weighted by Crippen LogP contribution is -2.34. The minimum atomic E-state index is -0.358. The Balaban J connectivity index is 2.23. The van der Waals surface area contributed by atoms with Crippen molar-refractivity contribution >= 4 is 11.4 Å². The van der Waals surface area contributed by atoms with E-state index in [0.717, 1.165) is 24.2 Å². The van der Waals surface area contributed by atoms with Crippen molar-refractivity contribution in [3.63, 3.8) is 0 Å². The Labute approximate surface area is 125 Å². The standard InChI is InChI=1S/C15H24N4O2/c1-2-13-6-4-3-5-9-18(13)11-12-10-14(19(20)21)7-8-15(12)17-16/h7-8,10,13,17H,2-6,9,11,16H2,1H3. The first-order valence-electron chi connectivity index (χ1n) is 7.63. The molecule has 116 valence electrons. The van der Waals surface area contributed by atoms with E-state index in [-0.39, 0.29) is 10.6 Å². The van der Waals surface area contributed by atoms with Crippen molar-refractivity contribution in [1.82, 2.24) is 4.90 Å². The topological polar surface area (TPSA) is 84.4 Å². The van der Waals surface area contributed by atoms with Gasteiger partial charge in [-0.25, -0.2) is 0 Å². The second kappa shape index (κ2) is 7.38. The molecular formula is C15H24N4O2. The number of nitrogens with zero attached hydrogens (tertiary/aromatic N) is 2. The fourth-order valence-corrected chi connectivity index (χ4v) is 3.09. The SMILES string of the molecule is CCC1CCCCCN1Cc1cc([N+](=O)[O-])ccc1NN. The van der Waals surface area contributed by atoms with Gasteiger partial charge >= 0.3 is 0 Å². The van der Waals surface area contributed by atoms with E-state index in [1.807, 2.05) is 0 Å². The van der Waals surface area contributed by atoms with Crippen LogP contribution in [0.15, 0.2) is 18.2 Å². The van der Waals surface area contributed by atoms with Crippen molar-refractivity contribution in [1.29, 1.82) is 0 Å². The van der Waals surface area contributed by atoms with Crippen molar-refractivity contribution in [2.24, 2.45) is 5.84 Å². The van der Waals surface area contributed by atoms with Gasteiger partial charge in [-0.3, -0.25) is 20.9 Å². The Hall–Kier alpha value is -1.66. The van der Waals surface area contributed by atoms with Gasteiger partial charge in [0.25, 0.3) is 5.69 Å². The van der Waals surface area contributed by atoms with E-state index >= 15 is 0 Å². The molecule has 0 aliphatic carbocycles. The maximum absolute atomic E-state index is 11.0. The monoisotopic (exact) mass is 292 g/mol. The van der Waals surface area contributed by atoms with Crippen LogP contribution in [0.25, 0.3) is 0 Å². The average Bonchev–Trinajstić information content (AvgIpc) is 2.72. The molecule has 1 heterocycles. The summed E-state index contributed by atoms with van der Waals surface area (Å²) in [5.74, 6) is 5.54. The number of hydrogen-bond acceptors (Lipinski definition) is 5. The van der Waals surface area contributed by atoms with Gasteiger partial charge in [-0.15, -0.1) is 0 Å². The van der Waals surface area contributed by atoms with Crippen LogP contribution in [0.2, 0.25) is 0 Å². The van der Waals surface area contributed by atoms with Gasteiger partial charge in [0.2, 0.25) is 0 Å². The number of anilines is 1. The molecule has 1 aliphatic heterocycles. The van der Waals surface area contributed by atoms with E-state index in [2.05, 4.69) is 17.2 Å². The van der Waals surface area contributed by atoms with Crippen LogP contribution < -0.4 is 11.3 Å². The van der Waals surface area contributed by atoms with Crippen LogP contribution in [0.4, 0.5) is 11.4 Å². The second-order valence-corrected chi connectivity index (χ2v) is 5.62. The number of likely N-dealkylation sites (tertiary alicyclic amines) is 1. The number of nitro groups is 1. The van der Waals surface area contributed by atoms with Crippen molar-refractivity contribution < 1.29 is 4.92 Å². The van der Waals surface area contributed by atoms with Crippen LogP contribution in [-0.2, 0) is 6.54 Å². The lowest BCUT2D eigenvalue weighted by molar-refractivity contribution is -0.384. The van der Waals surface area contributed by atoms with Crippen LogP contribution >= 0.6 is 0 Å². The number of nitro benzene ring substituents is 1. The summed E-state index contributed by atoms with van der Waals surface area (Å²) in [6, 6.07) is 5.36. The predicted molar refractivity (Wildman–Crippen MR) is 83.9 cm³/mol. The number of hydrazine groups is 1. The van der Waals surface area contributed by atoms with Gasteiger partial charge < -0.3 is 5.43 Å². The largest absolute Gasteiger partial charge is 0.324 e. The lowest BCUT2D eigenvalue weighted by Gasteiger charge is -2.29. The molecule has 21 heavy (non-hydrogen) atoms. The first-order chi connectivity index (χ1) is 10.2. The first kappa shape index (κ1) is 15.7. The molecule has 0 bridgehead atoms. The third-order valence-electron chi connectivity index (χ3n) is 4.30. The molecular weight excluding hydrogens is 268 g/mol. The third-order valence-corrected chi connectivity index (χ3v) is 4.30. The second-order valence-electron chi connectivity index (χ2n) is 5.62. The Morgan fingerprint density at radius 3 is 2.90 bits per heavy atom. The van der Waals surface area contributed by atoms with Crippen LogP contribution in [0.3, 0.4) is 0 Å². The first-order valence-corrected chi connectivity index (χ1v) is 7.63. The molecule has 0 amide bonds. The molecule has 0 saturated carbocycles. The van der Waals surface area contributed by atoms with E-state index in [1.54, 1.807) is 12.1 Å². The molecule has 1 saturated heterocycles. The highest BCUT2D eigenvalue weighted by Crippen LogP contribution is 2.26. The van der Waals surface area contributed by atoms with Gasteiger partial charge in [-0.05, 0) is 37.4 Å². The number of hydrogen-bond donors (Lipinski definition) is 2. The summed E-state index contributed by atoms with van der Waals surface area (Å²) in [6.45, 7) is 3.96. The number of nitrogens with one attached hydrogen (secondary N) is 1. The minimum absolute atomic E-state index is 0.117. The van der Waals surface area contributed by atoms with Gasteiger partial charge in [-0.2, -0.15) is 0 Å². The summed E-state index contributed by atoms with van der Waals surface area (Å²) in [4.78, 5) is 13.0. The minimum Gasteiger partial charge on any atom is -0.324 e. The zero-order chi connectivity index (χ0) is 15.2. The zero-order valence-corrected chi connectivity index (χ0v) is 12.5. The molecule has 2 rings (SSSR count). The predicted octanol–water partition coefficient (Wildman–Crippen LogP) is 3.04. The van der Waals surface area contributed by atoms with Crippen LogP contribution in [0.5, 0.6) is 0 Å².